The van der Waals surface area contributed by atoms with E-state index in [1.807, 2.05) is 54.6 Å². The number of nitriles is 1. The molecule has 1 aliphatic heterocycles. The van der Waals surface area contributed by atoms with Crippen LogP contribution >= 0.6 is 39.0 Å². The molecule has 0 fully saturated rings. The van der Waals surface area contributed by atoms with Crippen molar-refractivity contribution in [2.75, 3.05) is 22.9 Å². The van der Waals surface area contributed by atoms with Gasteiger partial charge in [0, 0.05) is 45.1 Å². The monoisotopic (exact) mass is 761 g/mol. The average molecular weight is 763 g/mol. The lowest BCUT2D eigenvalue weighted by molar-refractivity contribution is -0.114. The smallest absolute Gasteiger partial charge is 0.272 e. The first-order chi connectivity index (χ1) is 24.3. The number of halogens is 1. The molecule has 6 rings (SSSR count). The summed E-state index contributed by atoms with van der Waals surface area (Å²) in [5, 5.41) is 19.1. The second-order valence-corrected chi connectivity index (χ2v) is 14.6. The van der Waals surface area contributed by atoms with Crippen molar-refractivity contribution in [3.63, 3.8) is 0 Å². The van der Waals surface area contributed by atoms with Crippen molar-refractivity contribution >= 4 is 73.5 Å². The van der Waals surface area contributed by atoms with Crippen LogP contribution in [0.2, 0.25) is 0 Å². The number of hydrogen-bond acceptors (Lipinski definition) is 7. The number of benzene rings is 4. The molecule has 250 valence electrons. The Morgan fingerprint density at radius 3 is 2.40 bits per heavy atom. The first-order valence-electron chi connectivity index (χ1n) is 15.8. The van der Waals surface area contributed by atoms with E-state index in [1.165, 1.54) is 28.7 Å². The van der Waals surface area contributed by atoms with Gasteiger partial charge in [-0.1, -0.05) is 82.7 Å². The third-order valence-corrected chi connectivity index (χ3v) is 10.6. The number of fused-ring (bicyclic) bond motifs is 1. The van der Waals surface area contributed by atoms with Crippen LogP contribution in [-0.2, 0) is 29.1 Å². The molecule has 0 spiro atoms. The summed E-state index contributed by atoms with van der Waals surface area (Å²) in [7, 11) is 0. The molecule has 1 aliphatic rings. The molecule has 0 radical (unpaired) electrons. The molecule has 11 heteroatoms. The summed E-state index contributed by atoms with van der Waals surface area (Å²) in [6, 6.07) is 35.9. The van der Waals surface area contributed by atoms with E-state index in [0.29, 0.717) is 21.8 Å². The maximum Gasteiger partial charge on any atom is 0.272 e. The van der Waals surface area contributed by atoms with E-state index in [2.05, 4.69) is 55.0 Å². The van der Waals surface area contributed by atoms with Gasteiger partial charge in [0.05, 0.1) is 11.3 Å². The van der Waals surface area contributed by atoms with Crippen LogP contribution in [0, 0.1) is 11.3 Å². The Labute approximate surface area is 307 Å². The zero-order chi connectivity index (χ0) is 34.9. The summed E-state index contributed by atoms with van der Waals surface area (Å²) in [6.45, 7) is 2.43. The third-order valence-electron chi connectivity index (χ3n) is 7.92. The third kappa shape index (κ3) is 9.16. The second-order valence-electron chi connectivity index (χ2n) is 11.5. The van der Waals surface area contributed by atoms with Crippen molar-refractivity contribution < 1.29 is 14.4 Å². The molecule has 1 aromatic heterocycles. The number of nitrogens with one attached hydrogen (secondary N) is 3. The average Bonchev–Trinajstić information content (AvgIpc) is 3.48. The van der Waals surface area contributed by atoms with E-state index < -0.39 is 11.8 Å². The summed E-state index contributed by atoms with van der Waals surface area (Å²) in [5.41, 5.74) is 4.57. The Morgan fingerprint density at radius 2 is 1.66 bits per heavy atom. The first-order valence-corrected chi connectivity index (χ1v) is 18.4. The fraction of sp³-hybridized carbons (Fsp3) is 0.128. The van der Waals surface area contributed by atoms with Crippen molar-refractivity contribution in [1.82, 2.24) is 10.2 Å². The van der Waals surface area contributed by atoms with Gasteiger partial charge in [-0.3, -0.25) is 19.3 Å². The molecule has 0 bridgehead atoms. The normalized spacial score (nSPS) is 12.8. The molecule has 5 aromatic rings. The van der Waals surface area contributed by atoms with E-state index in [1.54, 1.807) is 48.5 Å². The summed E-state index contributed by atoms with van der Waals surface area (Å²) >= 11 is 6.22. The Hall–Kier alpha value is -4.99. The molecule has 3 N–H and O–H groups in total. The maximum absolute atomic E-state index is 13.5. The number of rotatable bonds is 11. The number of anilines is 2. The van der Waals surface area contributed by atoms with Gasteiger partial charge in [0.2, 0.25) is 5.91 Å². The molecule has 0 saturated heterocycles. The van der Waals surface area contributed by atoms with E-state index in [9.17, 15) is 19.6 Å². The Balaban J connectivity index is 1.08. The van der Waals surface area contributed by atoms with Gasteiger partial charge in [0.15, 0.2) is 0 Å². The van der Waals surface area contributed by atoms with Gasteiger partial charge in [0.25, 0.3) is 11.8 Å². The quantitative estimate of drug-likeness (QED) is 0.0927. The van der Waals surface area contributed by atoms with Gasteiger partial charge in [-0.25, -0.2) is 0 Å². The molecule has 3 amide bonds. The van der Waals surface area contributed by atoms with Gasteiger partial charge in [0.1, 0.15) is 16.8 Å². The van der Waals surface area contributed by atoms with Crippen LogP contribution in [0.3, 0.4) is 0 Å². The van der Waals surface area contributed by atoms with Crippen LogP contribution < -0.4 is 16.0 Å². The molecule has 2 heterocycles. The topological polar surface area (TPSA) is 114 Å². The minimum Gasteiger partial charge on any atom is -0.321 e. The molecule has 0 aliphatic carbocycles. The fourth-order valence-electron chi connectivity index (χ4n) is 5.48. The molecular formula is C39H32BrN5O3S2. The molecule has 0 atom stereocenters. The second kappa shape index (κ2) is 16.6. The molecular weight excluding hydrogens is 730 g/mol. The van der Waals surface area contributed by atoms with E-state index in [4.69, 9.17) is 0 Å². The summed E-state index contributed by atoms with van der Waals surface area (Å²) in [6.07, 6.45) is 2.38. The molecule has 4 aromatic carbocycles. The highest BCUT2D eigenvalue weighted by molar-refractivity contribution is 9.10. The lowest BCUT2D eigenvalue weighted by atomic mass is 10.0. The fourth-order valence-corrected chi connectivity index (χ4v) is 7.76. The lowest BCUT2D eigenvalue weighted by Crippen LogP contribution is -2.30. The van der Waals surface area contributed by atoms with Gasteiger partial charge in [-0.15, -0.1) is 23.1 Å². The Morgan fingerprint density at radius 1 is 0.920 bits per heavy atom. The Bertz CT molecular complexity index is 2080. The lowest BCUT2D eigenvalue weighted by Gasteiger charge is -2.26. The van der Waals surface area contributed by atoms with E-state index in [-0.39, 0.29) is 17.4 Å². The summed E-state index contributed by atoms with van der Waals surface area (Å²) in [5.74, 6) is -1.00. The van der Waals surface area contributed by atoms with Crippen LogP contribution in [0.25, 0.3) is 6.08 Å². The van der Waals surface area contributed by atoms with Gasteiger partial charge in [-0.2, -0.15) is 5.26 Å². The van der Waals surface area contributed by atoms with Crippen LogP contribution in [0.15, 0.2) is 124 Å². The maximum atomic E-state index is 13.5. The van der Waals surface area contributed by atoms with E-state index in [0.717, 1.165) is 51.4 Å². The van der Waals surface area contributed by atoms with Crippen LogP contribution in [0.1, 0.15) is 37.5 Å². The molecule has 8 nitrogen and oxygen atoms in total. The van der Waals surface area contributed by atoms with Crippen LogP contribution in [0.5, 0.6) is 0 Å². The summed E-state index contributed by atoms with van der Waals surface area (Å²) in [4.78, 5) is 43.8. The van der Waals surface area contributed by atoms with Crippen molar-refractivity contribution in [2.24, 2.45) is 0 Å². The van der Waals surface area contributed by atoms with Gasteiger partial charge in [-0.05, 0) is 71.7 Å². The number of hydrogen-bond donors (Lipinski definition) is 3. The number of thioether (sulfide) groups is 1. The predicted molar refractivity (Wildman–Crippen MR) is 204 cm³/mol. The summed E-state index contributed by atoms with van der Waals surface area (Å²) < 4.78 is 0.892. The molecule has 0 saturated carbocycles. The number of nitrogens with zero attached hydrogens (tertiary/aromatic N) is 2. The SMILES string of the molecule is N#Cc1c(NC(=O)CSc2cccc(NC(=O)/C(=C/c3ccc(Br)cc3)NC(=O)c3ccccc3)c2)sc2c1CCN(Cc1ccccc1)C2. The number of carbonyl (C=O) groups excluding carboxylic acids is 3. The highest BCUT2D eigenvalue weighted by atomic mass is 79.9. The zero-order valence-corrected chi connectivity index (χ0v) is 30.0. The van der Waals surface area contributed by atoms with Crippen molar-refractivity contribution in [2.45, 2.75) is 24.4 Å². The van der Waals surface area contributed by atoms with Crippen LogP contribution in [-0.4, -0.2) is 34.9 Å². The Kier molecular flexibility index (Phi) is 11.6. The molecule has 0 unspecified atom stereocenters. The predicted octanol–water partition coefficient (Wildman–Crippen LogP) is 8.08. The van der Waals surface area contributed by atoms with Crippen molar-refractivity contribution in [1.29, 1.82) is 5.26 Å². The highest BCUT2D eigenvalue weighted by Crippen LogP contribution is 2.37. The molecule has 50 heavy (non-hydrogen) atoms. The minimum absolute atomic E-state index is 0.0775. The van der Waals surface area contributed by atoms with Crippen molar-refractivity contribution in [3.05, 3.63) is 152 Å². The first kappa shape index (κ1) is 34.9. The zero-order valence-electron chi connectivity index (χ0n) is 26.8. The number of carbonyl (C=O) groups is 3. The highest BCUT2D eigenvalue weighted by Gasteiger charge is 2.25. The van der Waals surface area contributed by atoms with Gasteiger partial charge < -0.3 is 16.0 Å². The standard InChI is InChI=1S/C39H32BrN5O3S2/c40-29-16-14-26(15-17-29)20-34(43-37(47)28-10-5-2-6-11-28)38(48)42-30-12-7-13-31(21-30)49-25-36(46)44-39-33(22-41)32-18-19-45(24-35(32)50-39)23-27-8-3-1-4-9-27/h1-17,20-21H,18-19,23-25H2,(H,42,48)(H,43,47)(H,44,46)/b34-20-. The van der Waals surface area contributed by atoms with Crippen molar-refractivity contribution in [3.8, 4) is 6.07 Å². The van der Waals surface area contributed by atoms with Gasteiger partial charge >= 0.3 is 0 Å². The largest absolute Gasteiger partial charge is 0.321 e. The minimum atomic E-state index is -0.495. The van der Waals surface area contributed by atoms with E-state index >= 15 is 0 Å². The van der Waals surface area contributed by atoms with Crippen LogP contribution in [0.4, 0.5) is 10.7 Å². The number of amides is 3. The number of thiophene rings is 1.